The third-order valence-corrected chi connectivity index (χ3v) is 6.76. The molecule has 0 spiro atoms. The highest BCUT2D eigenvalue weighted by Crippen LogP contribution is 2.58. The van der Waals surface area contributed by atoms with Crippen LogP contribution >= 0.6 is 0 Å². The van der Waals surface area contributed by atoms with Gasteiger partial charge in [0.2, 0.25) is 0 Å². The molecular weight excluding hydrogens is 316 g/mol. The molecule has 0 aromatic heterocycles. The number of aliphatic carboxylic acids is 1. The van der Waals surface area contributed by atoms with Gasteiger partial charge in [0.05, 0.1) is 6.10 Å². The lowest BCUT2D eigenvalue weighted by atomic mass is 9.58. The van der Waals surface area contributed by atoms with Crippen LogP contribution in [0.15, 0.2) is 36.1 Å². The first-order valence-corrected chi connectivity index (χ1v) is 9.49. The number of carboxylic acids is 1. The summed E-state index contributed by atoms with van der Waals surface area (Å²) in [6, 6.07) is 0. The Balaban J connectivity index is 1.75. The highest BCUT2D eigenvalue weighted by molar-refractivity contribution is 5.68. The molecule has 0 aliphatic heterocycles. The van der Waals surface area contributed by atoms with Gasteiger partial charge in [-0.3, -0.25) is 0 Å². The van der Waals surface area contributed by atoms with Crippen LogP contribution in [0.2, 0.25) is 0 Å². The largest absolute Gasteiger partial charge is 0.482 e. The molecule has 0 aromatic rings. The number of aliphatic hydroxyl groups is 1. The molecule has 138 valence electrons. The Morgan fingerprint density at radius 2 is 2.16 bits per heavy atom. The van der Waals surface area contributed by atoms with Crippen molar-refractivity contribution in [2.24, 2.45) is 23.2 Å². The first kappa shape index (κ1) is 18.2. The zero-order valence-corrected chi connectivity index (χ0v) is 15.1. The van der Waals surface area contributed by atoms with E-state index in [-0.39, 0.29) is 18.1 Å². The van der Waals surface area contributed by atoms with E-state index < -0.39 is 5.97 Å². The van der Waals surface area contributed by atoms with Crippen LogP contribution in [0.1, 0.15) is 51.9 Å². The van der Waals surface area contributed by atoms with Crippen molar-refractivity contribution in [1.82, 2.24) is 0 Å². The van der Waals surface area contributed by atoms with Crippen molar-refractivity contribution in [2.75, 3.05) is 6.61 Å². The molecule has 0 amide bonds. The fourth-order valence-corrected chi connectivity index (χ4v) is 5.34. The lowest BCUT2D eigenvalue weighted by Crippen LogP contribution is -2.43. The number of ether oxygens (including phenoxy) is 1. The van der Waals surface area contributed by atoms with Crippen molar-refractivity contribution >= 4 is 5.97 Å². The van der Waals surface area contributed by atoms with Crippen LogP contribution in [-0.4, -0.2) is 28.9 Å². The number of carbonyl (C=O) groups is 1. The molecule has 3 aliphatic carbocycles. The molecule has 0 radical (unpaired) electrons. The van der Waals surface area contributed by atoms with E-state index in [0.29, 0.717) is 23.5 Å². The standard InChI is InChI=1S/C21H30O4/c1-14-6-7-17-15(4-3-5-16(12-14)25-13-20(23)24)10-11-21(2)18(17)8-9-19(21)22/h3,5,12,15,17-19,22H,1,4,6-11,13H2,2H3,(H,23,24)/b5-3-,16-12+/t15-,17?,18-,19-,21-/m0/s1. The predicted octanol–water partition coefficient (Wildman–Crippen LogP) is 4.07. The Hall–Kier alpha value is -1.55. The summed E-state index contributed by atoms with van der Waals surface area (Å²) >= 11 is 0. The molecule has 2 fully saturated rings. The van der Waals surface area contributed by atoms with Gasteiger partial charge in [-0.1, -0.05) is 25.2 Å². The van der Waals surface area contributed by atoms with Crippen molar-refractivity contribution in [3.05, 3.63) is 36.1 Å². The second-order valence-corrected chi connectivity index (χ2v) is 8.23. The van der Waals surface area contributed by atoms with Gasteiger partial charge in [0.25, 0.3) is 0 Å². The van der Waals surface area contributed by atoms with Gasteiger partial charge in [-0.2, -0.15) is 0 Å². The number of carboxylic acid groups (broad SMARTS) is 1. The molecule has 0 saturated heterocycles. The van der Waals surface area contributed by atoms with Crippen LogP contribution in [-0.2, 0) is 9.53 Å². The van der Waals surface area contributed by atoms with Gasteiger partial charge in [0.15, 0.2) is 6.61 Å². The SMILES string of the molecule is C=C1/C=C(OCC(=O)O)\C=C/C[C@H]2CC[C@]3(C)[C@@H](O)CC[C@H]3C2CC1. The summed E-state index contributed by atoms with van der Waals surface area (Å²) in [6.07, 6.45) is 13.1. The maximum atomic E-state index is 10.7. The van der Waals surface area contributed by atoms with Crippen molar-refractivity contribution in [1.29, 1.82) is 0 Å². The molecule has 3 rings (SSSR count). The Morgan fingerprint density at radius 3 is 2.92 bits per heavy atom. The number of rotatable bonds is 3. The van der Waals surface area contributed by atoms with Crippen LogP contribution in [0.3, 0.4) is 0 Å². The third kappa shape index (κ3) is 3.84. The van der Waals surface area contributed by atoms with Gasteiger partial charge in [-0.05, 0) is 80.3 Å². The first-order chi connectivity index (χ1) is 11.9. The minimum atomic E-state index is -0.969. The Kier molecular flexibility index (Phi) is 5.38. The quantitative estimate of drug-likeness (QED) is 0.808. The monoisotopic (exact) mass is 346 g/mol. The van der Waals surface area contributed by atoms with E-state index in [1.807, 2.05) is 12.2 Å². The van der Waals surface area contributed by atoms with Crippen LogP contribution in [0.5, 0.6) is 0 Å². The summed E-state index contributed by atoms with van der Waals surface area (Å²) in [5.74, 6) is 1.48. The van der Waals surface area contributed by atoms with Crippen LogP contribution in [0.25, 0.3) is 0 Å². The zero-order valence-electron chi connectivity index (χ0n) is 15.1. The van der Waals surface area contributed by atoms with E-state index in [2.05, 4.69) is 19.6 Å². The molecule has 2 N–H and O–H groups in total. The van der Waals surface area contributed by atoms with Crippen LogP contribution in [0, 0.1) is 23.2 Å². The molecule has 0 heterocycles. The third-order valence-electron chi connectivity index (χ3n) is 6.76. The van der Waals surface area contributed by atoms with Crippen molar-refractivity contribution in [3.63, 3.8) is 0 Å². The van der Waals surface area contributed by atoms with Gasteiger partial charge in [-0.15, -0.1) is 0 Å². The lowest BCUT2D eigenvalue weighted by Gasteiger charge is -2.48. The van der Waals surface area contributed by atoms with Crippen molar-refractivity contribution in [3.8, 4) is 0 Å². The summed E-state index contributed by atoms with van der Waals surface area (Å²) in [5, 5.41) is 19.3. The van der Waals surface area contributed by atoms with Crippen LogP contribution in [0.4, 0.5) is 0 Å². The number of hydrogen-bond acceptors (Lipinski definition) is 3. The minimum Gasteiger partial charge on any atom is -0.482 e. The van der Waals surface area contributed by atoms with Gasteiger partial charge in [-0.25, -0.2) is 4.79 Å². The fourth-order valence-electron chi connectivity index (χ4n) is 5.34. The molecule has 2 saturated carbocycles. The van der Waals surface area contributed by atoms with E-state index in [1.165, 1.54) is 0 Å². The molecule has 4 heteroatoms. The molecule has 0 aromatic carbocycles. The Morgan fingerprint density at radius 1 is 1.36 bits per heavy atom. The number of hydrogen-bond donors (Lipinski definition) is 2. The maximum Gasteiger partial charge on any atom is 0.341 e. The number of allylic oxidation sites excluding steroid dienone is 4. The molecule has 4 nitrogen and oxygen atoms in total. The van der Waals surface area contributed by atoms with E-state index in [0.717, 1.165) is 50.5 Å². The van der Waals surface area contributed by atoms with E-state index >= 15 is 0 Å². The molecule has 1 unspecified atom stereocenters. The smallest absolute Gasteiger partial charge is 0.341 e. The summed E-state index contributed by atoms with van der Waals surface area (Å²) in [4.78, 5) is 10.7. The maximum absolute atomic E-state index is 10.7. The second-order valence-electron chi connectivity index (χ2n) is 8.23. The fraction of sp³-hybridized carbons (Fsp3) is 0.667. The normalized spacial score (nSPS) is 41.8. The van der Waals surface area contributed by atoms with Crippen molar-refractivity contribution < 1.29 is 19.7 Å². The zero-order chi connectivity index (χ0) is 18.0. The van der Waals surface area contributed by atoms with Gasteiger partial charge in [0, 0.05) is 0 Å². The molecule has 25 heavy (non-hydrogen) atoms. The highest BCUT2D eigenvalue weighted by atomic mass is 16.5. The number of fused-ring (bicyclic) bond motifs is 3. The summed E-state index contributed by atoms with van der Waals surface area (Å²) in [6.45, 7) is 6.09. The molecule has 5 atom stereocenters. The summed E-state index contributed by atoms with van der Waals surface area (Å²) in [7, 11) is 0. The van der Waals surface area contributed by atoms with Gasteiger partial charge < -0.3 is 14.9 Å². The van der Waals surface area contributed by atoms with Crippen LogP contribution < -0.4 is 0 Å². The highest BCUT2D eigenvalue weighted by Gasteiger charge is 2.52. The van der Waals surface area contributed by atoms with Gasteiger partial charge >= 0.3 is 5.97 Å². The Bertz CT molecular complexity index is 591. The molecule has 0 bridgehead atoms. The second kappa shape index (κ2) is 7.36. The minimum absolute atomic E-state index is 0.0852. The average molecular weight is 346 g/mol. The van der Waals surface area contributed by atoms with E-state index in [9.17, 15) is 9.90 Å². The summed E-state index contributed by atoms with van der Waals surface area (Å²) < 4.78 is 5.36. The Labute approximate surface area is 150 Å². The average Bonchev–Trinajstić information content (AvgIpc) is 2.87. The number of aliphatic hydroxyl groups excluding tert-OH is 1. The van der Waals surface area contributed by atoms with E-state index in [4.69, 9.17) is 9.84 Å². The first-order valence-electron chi connectivity index (χ1n) is 9.49. The van der Waals surface area contributed by atoms with E-state index in [1.54, 1.807) is 0 Å². The topological polar surface area (TPSA) is 66.8 Å². The molecule has 3 aliphatic rings. The van der Waals surface area contributed by atoms with Gasteiger partial charge in [0.1, 0.15) is 5.76 Å². The molecular formula is C21H30O4. The predicted molar refractivity (Wildman–Crippen MR) is 96.9 cm³/mol. The van der Waals surface area contributed by atoms with Crippen molar-refractivity contribution in [2.45, 2.75) is 58.0 Å². The summed E-state index contributed by atoms with van der Waals surface area (Å²) in [5.41, 5.74) is 1.07. The lowest BCUT2D eigenvalue weighted by molar-refractivity contribution is -0.140.